The average Bonchev–Trinajstić information content (AvgIpc) is 3.07. The summed E-state index contributed by atoms with van der Waals surface area (Å²) in [5.74, 6) is 1.13. The molecule has 1 aliphatic heterocycles. The van der Waals surface area contributed by atoms with Crippen LogP contribution in [0.4, 0.5) is 17.2 Å². The van der Waals surface area contributed by atoms with Crippen molar-refractivity contribution in [3.05, 3.63) is 76.7 Å². The number of benzene rings is 2. The normalized spacial score (nSPS) is 12.8. The maximum atomic E-state index is 12.8. The molecule has 27 heavy (non-hydrogen) atoms. The van der Waals surface area contributed by atoms with E-state index in [0.717, 1.165) is 35.7 Å². The van der Waals surface area contributed by atoms with Gasteiger partial charge in [-0.25, -0.2) is 9.97 Å². The summed E-state index contributed by atoms with van der Waals surface area (Å²) in [6, 6.07) is 16.0. The second-order valence-electron chi connectivity index (χ2n) is 6.96. The highest BCUT2D eigenvalue weighted by molar-refractivity contribution is 6.03. The Bertz CT molecular complexity index is 1030. The number of aromatic nitrogens is 2. The second kappa shape index (κ2) is 6.83. The molecule has 2 aromatic carbocycles. The molecule has 5 heteroatoms. The van der Waals surface area contributed by atoms with E-state index < -0.39 is 0 Å². The van der Waals surface area contributed by atoms with Crippen LogP contribution in [0.3, 0.4) is 0 Å². The Balaban J connectivity index is 1.64. The van der Waals surface area contributed by atoms with Gasteiger partial charge in [0.05, 0.1) is 0 Å². The summed E-state index contributed by atoms with van der Waals surface area (Å²) in [5, 5.41) is 2.97. The van der Waals surface area contributed by atoms with E-state index in [4.69, 9.17) is 0 Å². The smallest absolute Gasteiger partial charge is 0.274 e. The van der Waals surface area contributed by atoms with Crippen LogP contribution in [0.2, 0.25) is 0 Å². The van der Waals surface area contributed by atoms with Gasteiger partial charge < -0.3 is 10.2 Å². The molecule has 136 valence electrons. The summed E-state index contributed by atoms with van der Waals surface area (Å²) in [7, 11) is 0. The van der Waals surface area contributed by atoms with Crippen molar-refractivity contribution < 1.29 is 4.79 Å². The van der Waals surface area contributed by atoms with Crippen molar-refractivity contribution in [2.45, 2.75) is 27.2 Å². The molecule has 0 atom stereocenters. The summed E-state index contributed by atoms with van der Waals surface area (Å²) < 4.78 is 0. The highest BCUT2D eigenvalue weighted by Crippen LogP contribution is 2.33. The van der Waals surface area contributed by atoms with Crippen LogP contribution in [0.15, 0.2) is 48.5 Å². The van der Waals surface area contributed by atoms with Gasteiger partial charge in [-0.2, -0.15) is 0 Å². The zero-order valence-electron chi connectivity index (χ0n) is 15.8. The first kappa shape index (κ1) is 17.2. The van der Waals surface area contributed by atoms with Crippen molar-refractivity contribution in [3.8, 4) is 0 Å². The Kier molecular flexibility index (Phi) is 4.36. The second-order valence-corrected chi connectivity index (χ2v) is 6.96. The van der Waals surface area contributed by atoms with E-state index in [1.54, 1.807) is 6.07 Å². The van der Waals surface area contributed by atoms with Gasteiger partial charge in [-0.05, 0) is 50.5 Å². The standard InChI is InChI=1S/C22H22N4O/c1-14-8-9-18(15(2)12-14)25-22(27)19-13-21(24-16(3)23-19)26-11-10-17-6-4-5-7-20(17)26/h4-9,12-13H,10-11H2,1-3H3,(H,25,27). The van der Waals surface area contributed by atoms with E-state index in [9.17, 15) is 4.79 Å². The molecular formula is C22H22N4O. The number of nitrogens with zero attached hydrogens (tertiary/aromatic N) is 3. The molecule has 0 bridgehead atoms. The summed E-state index contributed by atoms with van der Waals surface area (Å²) in [5.41, 5.74) is 5.82. The molecule has 1 aliphatic rings. The Morgan fingerprint density at radius 1 is 1.04 bits per heavy atom. The van der Waals surface area contributed by atoms with Gasteiger partial charge in [0.2, 0.25) is 0 Å². The minimum atomic E-state index is -0.221. The van der Waals surface area contributed by atoms with Crippen molar-refractivity contribution >= 4 is 23.1 Å². The number of hydrogen-bond donors (Lipinski definition) is 1. The quantitative estimate of drug-likeness (QED) is 0.756. The molecule has 0 fully saturated rings. The lowest BCUT2D eigenvalue weighted by molar-refractivity contribution is 0.102. The van der Waals surface area contributed by atoms with Crippen molar-refractivity contribution in [2.75, 3.05) is 16.8 Å². The summed E-state index contributed by atoms with van der Waals surface area (Å²) >= 11 is 0. The molecule has 1 N–H and O–H groups in total. The minimum Gasteiger partial charge on any atom is -0.326 e. The topological polar surface area (TPSA) is 58.1 Å². The van der Waals surface area contributed by atoms with E-state index in [1.807, 2.05) is 45.0 Å². The number of carbonyl (C=O) groups is 1. The molecule has 0 radical (unpaired) electrons. The van der Waals surface area contributed by atoms with Gasteiger partial charge >= 0.3 is 0 Å². The lowest BCUT2D eigenvalue weighted by atomic mass is 10.1. The molecule has 0 spiro atoms. The van der Waals surface area contributed by atoms with E-state index in [-0.39, 0.29) is 5.91 Å². The van der Waals surface area contributed by atoms with Crippen molar-refractivity contribution in [2.24, 2.45) is 0 Å². The van der Waals surface area contributed by atoms with Crippen LogP contribution >= 0.6 is 0 Å². The molecule has 1 aromatic heterocycles. The number of fused-ring (bicyclic) bond motifs is 1. The first-order valence-electron chi connectivity index (χ1n) is 9.11. The highest BCUT2D eigenvalue weighted by atomic mass is 16.1. The van der Waals surface area contributed by atoms with E-state index in [2.05, 4.69) is 38.4 Å². The predicted octanol–water partition coefficient (Wildman–Crippen LogP) is 4.35. The molecule has 0 unspecified atom stereocenters. The number of aryl methyl sites for hydroxylation is 3. The zero-order chi connectivity index (χ0) is 19.0. The van der Waals surface area contributed by atoms with E-state index in [0.29, 0.717) is 11.5 Å². The number of carbonyl (C=O) groups excluding carboxylic acids is 1. The Hall–Kier alpha value is -3.21. The fourth-order valence-electron chi connectivity index (χ4n) is 3.52. The van der Waals surface area contributed by atoms with Crippen LogP contribution in [0, 0.1) is 20.8 Å². The van der Waals surface area contributed by atoms with Crippen LogP contribution in [0.5, 0.6) is 0 Å². The van der Waals surface area contributed by atoms with Crippen LogP contribution < -0.4 is 10.2 Å². The van der Waals surface area contributed by atoms with E-state index in [1.165, 1.54) is 11.1 Å². The average molecular weight is 358 g/mol. The Morgan fingerprint density at radius 2 is 1.85 bits per heavy atom. The number of nitrogens with one attached hydrogen (secondary N) is 1. The fourth-order valence-corrected chi connectivity index (χ4v) is 3.52. The summed E-state index contributed by atoms with van der Waals surface area (Å²) in [6.45, 7) is 6.69. The molecule has 5 nitrogen and oxygen atoms in total. The number of rotatable bonds is 3. The van der Waals surface area contributed by atoms with Crippen molar-refractivity contribution in [3.63, 3.8) is 0 Å². The SMILES string of the molecule is Cc1ccc(NC(=O)c2cc(N3CCc4ccccc43)nc(C)n2)c(C)c1. The first-order chi connectivity index (χ1) is 13.0. The van der Waals surface area contributed by atoms with Crippen LogP contribution in [0.1, 0.15) is 33.0 Å². The van der Waals surface area contributed by atoms with Gasteiger partial charge in [0, 0.05) is 24.0 Å². The highest BCUT2D eigenvalue weighted by Gasteiger charge is 2.22. The number of para-hydroxylation sites is 1. The third kappa shape index (κ3) is 3.40. The van der Waals surface area contributed by atoms with Gasteiger partial charge in [-0.1, -0.05) is 35.9 Å². The predicted molar refractivity (Wildman–Crippen MR) is 108 cm³/mol. The lowest BCUT2D eigenvalue weighted by Crippen LogP contribution is -2.20. The van der Waals surface area contributed by atoms with Crippen LogP contribution in [0.25, 0.3) is 0 Å². The summed E-state index contributed by atoms with van der Waals surface area (Å²) in [4.78, 5) is 23.9. The van der Waals surface area contributed by atoms with Gasteiger partial charge in [-0.3, -0.25) is 4.79 Å². The Labute approximate surface area is 159 Å². The minimum absolute atomic E-state index is 0.221. The molecule has 3 aromatic rings. The van der Waals surface area contributed by atoms with Crippen LogP contribution in [-0.4, -0.2) is 22.4 Å². The molecule has 0 aliphatic carbocycles. The van der Waals surface area contributed by atoms with Gasteiger partial charge in [-0.15, -0.1) is 0 Å². The van der Waals surface area contributed by atoms with Gasteiger partial charge in [0.1, 0.15) is 17.3 Å². The van der Waals surface area contributed by atoms with Crippen molar-refractivity contribution in [1.82, 2.24) is 9.97 Å². The third-order valence-corrected chi connectivity index (χ3v) is 4.85. The fraction of sp³-hybridized carbons (Fsp3) is 0.227. The largest absolute Gasteiger partial charge is 0.326 e. The summed E-state index contributed by atoms with van der Waals surface area (Å²) in [6.07, 6.45) is 0.976. The molecular weight excluding hydrogens is 336 g/mol. The van der Waals surface area contributed by atoms with Crippen molar-refractivity contribution in [1.29, 1.82) is 0 Å². The maximum Gasteiger partial charge on any atom is 0.274 e. The molecule has 2 heterocycles. The zero-order valence-corrected chi connectivity index (χ0v) is 15.8. The van der Waals surface area contributed by atoms with Gasteiger partial charge in [0.15, 0.2) is 0 Å². The Morgan fingerprint density at radius 3 is 2.67 bits per heavy atom. The van der Waals surface area contributed by atoms with Crippen LogP contribution in [-0.2, 0) is 6.42 Å². The molecule has 4 rings (SSSR count). The maximum absolute atomic E-state index is 12.8. The third-order valence-electron chi connectivity index (χ3n) is 4.85. The van der Waals surface area contributed by atoms with E-state index >= 15 is 0 Å². The lowest BCUT2D eigenvalue weighted by Gasteiger charge is -2.19. The monoisotopic (exact) mass is 358 g/mol. The molecule has 1 amide bonds. The molecule has 0 saturated heterocycles. The number of hydrogen-bond acceptors (Lipinski definition) is 4. The first-order valence-corrected chi connectivity index (χ1v) is 9.11. The van der Waals surface area contributed by atoms with Gasteiger partial charge in [0.25, 0.3) is 5.91 Å². The number of amides is 1. The molecule has 0 saturated carbocycles. The number of anilines is 3.